The maximum absolute atomic E-state index is 5.41. The Hall–Kier alpha value is -1.36. The van der Waals surface area contributed by atoms with E-state index in [-0.39, 0.29) is 0 Å². The maximum Gasteiger partial charge on any atom is 0.226 e. The second-order valence-electron chi connectivity index (χ2n) is 4.68. The van der Waals surface area contributed by atoms with Crippen LogP contribution in [0.25, 0.3) is 0 Å². The first-order valence-corrected chi connectivity index (χ1v) is 6.71. The van der Waals surface area contributed by atoms with Crippen molar-refractivity contribution in [2.75, 3.05) is 31.6 Å². The topological polar surface area (TPSA) is 59.1 Å². The van der Waals surface area contributed by atoms with Gasteiger partial charge in [-0.1, -0.05) is 0 Å². The Morgan fingerprint density at radius 2 is 2.39 bits per heavy atom. The first-order valence-electron chi connectivity index (χ1n) is 6.71. The van der Waals surface area contributed by atoms with Gasteiger partial charge in [-0.25, -0.2) is 4.98 Å². The summed E-state index contributed by atoms with van der Waals surface area (Å²) in [7, 11) is 0. The molecule has 1 unspecified atom stereocenters. The molecule has 0 spiro atoms. The molecule has 1 saturated heterocycles. The second-order valence-corrected chi connectivity index (χ2v) is 4.68. The summed E-state index contributed by atoms with van der Waals surface area (Å²) in [5.74, 6) is 2.10. The Morgan fingerprint density at radius 3 is 3.11 bits per heavy atom. The van der Waals surface area contributed by atoms with Crippen molar-refractivity contribution in [1.82, 2.24) is 15.3 Å². The van der Waals surface area contributed by atoms with Crippen molar-refractivity contribution in [2.45, 2.75) is 26.7 Å². The Balaban J connectivity index is 1.83. The predicted molar refractivity (Wildman–Crippen MR) is 72.0 cm³/mol. The molecule has 2 rings (SSSR count). The number of nitrogens with one attached hydrogen (secondary N) is 2. The van der Waals surface area contributed by atoms with Gasteiger partial charge in [-0.15, -0.1) is 0 Å². The lowest BCUT2D eigenvalue weighted by Gasteiger charge is -2.10. The van der Waals surface area contributed by atoms with Crippen molar-refractivity contribution in [3.8, 4) is 5.88 Å². The normalized spacial score (nSPS) is 18.9. The van der Waals surface area contributed by atoms with Gasteiger partial charge in [0.05, 0.1) is 6.61 Å². The molecule has 5 nitrogen and oxygen atoms in total. The minimum Gasteiger partial charge on any atom is -0.478 e. The minimum absolute atomic E-state index is 0.629. The summed E-state index contributed by atoms with van der Waals surface area (Å²) in [4.78, 5) is 8.69. The van der Waals surface area contributed by atoms with E-state index in [0.717, 1.165) is 37.7 Å². The van der Waals surface area contributed by atoms with Crippen LogP contribution in [0.4, 0.5) is 5.95 Å². The highest BCUT2D eigenvalue weighted by Crippen LogP contribution is 2.14. The Morgan fingerprint density at radius 1 is 1.50 bits per heavy atom. The monoisotopic (exact) mass is 250 g/mol. The number of aromatic nitrogens is 2. The van der Waals surface area contributed by atoms with Crippen LogP contribution in [0.3, 0.4) is 0 Å². The highest BCUT2D eigenvalue weighted by molar-refractivity contribution is 5.30. The molecular formula is C13H22N4O. The number of hydrogen-bond acceptors (Lipinski definition) is 5. The molecule has 1 atom stereocenters. The first-order chi connectivity index (χ1) is 8.78. The molecule has 0 aromatic carbocycles. The highest BCUT2D eigenvalue weighted by Gasteiger charge is 2.13. The summed E-state index contributed by atoms with van der Waals surface area (Å²) in [6.07, 6.45) is 2.44. The lowest BCUT2D eigenvalue weighted by molar-refractivity contribution is 0.326. The molecule has 5 heteroatoms. The van der Waals surface area contributed by atoms with E-state index in [1.807, 2.05) is 19.9 Å². The molecular weight excluding hydrogens is 228 g/mol. The number of hydrogen-bond donors (Lipinski definition) is 2. The molecule has 1 aliphatic rings. The number of rotatable bonds is 6. The van der Waals surface area contributed by atoms with Gasteiger partial charge in [0.25, 0.3) is 0 Å². The zero-order valence-corrected chi connectivity index (χ0v) is 11.2. The molecule has 1 aromatic rings. The molecule has 0 aliphatic carbocycles. The van der Waals surface area contributed by atoms with Gasteiger partial charge in [-0.05, 0) is 45.7 Å². The fourth-order valence-electron chi connectivity index (χ4n) is 2.19. The zero-order valence-electron chi connectivity index (χ0n) is 11.2. The van der Waals surface area contributed by atoms with Gasteiger partial charge in [-0.2, -0.15) is 4.98 Å². The summed E-state index contributed by atoms with van der Waals surface area (Å²) < 4.78 is 5.41. The number of aryl methyl sites for hydroxylation is 1. The van der Waals surface area contributed by atoms with Crippen LogP contribution in [0, 0.1) is 12.8 Å². The van der Waals surface area contributed by atoms with E-state index < -0.39 is 0 Å². The molecule has 1 aromatic heterocycles. The van der Waals surface area contributed by atoms with E-state index in [1.165, 1.54) is 6.42 Å². The van der Waals surface area contributed by atoms with Crippen LogP contribution in [0.1, 0.15) is 25.5 Å². The maximum atomic E-state index is 5.41. The molecule has 0 saturated carbocycles. The van der Waals surface area contributed by atoms with E-state index in [1.54, 1.807) is 0 Å². The van der Waals surface area contributed by atoms with Crippen molar-refractivity contribution in [2.24, 2.45) is 5.92 Å². The number of nitrogens with zero attached hydrogens (tertiary/aromatic N) is 2. The summed E-state index contributed by atoms with van der Waals surface area (Å²) in [6, 6.07) is 1.86. The van der Waals surface area contributed by atoms with Gasteiger partial charge in [0.2, 0.25) is 11.8 Å². The van der Waals surface area contributed by atoms with Crippen molar-refractivity contribution >= 4 is 5.95 Å². The second kappa shape index (κ2) is 6.54. The highest BCUT2D eigenvalue weighted by atomic mass is 16.5. The molecule has 100 valence electrons. The van der Waals surface area contributed by atoms with Crippen LogP contribution in [0.15, 0.2) is 6.07 Å². The van der Waals surface area contributed by atoms with Crippen molar-refractivity contribution < 1.29 is 4.74 Å². The number of anilines is 1. The fraction of sp³-hybridized carbons (Fsp3) is 0.692. The van der Waals surface area contributed by atoms with Crippen LogP contribution >= 0.6 is 0 Å². The van der Waals surface area contributed by atoms with E-state index in [4.69, 9.17) is 4.74 Å². The van der Waals surface area contributed by atoms with E-state index in [2.05, 4.69) is 20.6 Å². The van der Waals surface area contributed by atoms with Crippen molar-refractivity contribution in [1.29, 1.82) is 0 Å². The smallest absolute Gasteiger partial charge is 0.226 e. The van der Waals surface area contributed by atoms with E-state index in [0.29, 0.717) is 18.4 Å². The minimum atomic E-state index is 0.629. The zero-order chi connectivity index (χ0) is 12.8. The van der Waals surface area contributed by atoms with Gasteiger partial charge in [0, 0.05) is 18.3 Å². The lowest BCUT2D eigenvalue weighted by Crippen LogP contribution is -2.14. The molecule has 1 aliphatic heterocycles. The van der Waals surface area contributed by atoms with Crippen LogP contribution in [-0.4, -0.2) is 36.2 Å². The average Bonchev–Trinajstić information content (AvgIpc) is 2.82. The number of ether oxygens (including phenoxy) is 1. The van der Waals surface area contributed by atoms with Crippen LogP contribution < -0.4 is 15.4 Å². The standard InChI is InChI=1S/C13H22N4O/c1-3-18-12-8-10(2)16-13(17-12)15-7-5-11-4-6-14-9-11/h8,11,14H,3-7,9H2,1-2H3,(H,15,16,17). The molecule has 2 N–H and O–H groups in total. The summed E-state index contributed by atoms with van der Waals surface area (Å²) in [5.41, 5.74) is 0.929. The first kappa shape index (κ1) is 13.1. The quantitative estimate of drug-likeness (QED) is 0.803. The van der Waals surface area contributed by atoms with Gasteiger partial charge < -0.3 is 15.4 Å². The lowest BCUT2D eigenvalue weighted by atomic mass is 10.1. The average molecular weight is 250 g/mol. The molecule has 18 heavy (non-hydrogen) atoms. The van der Waals surface area contributed by atoms with Crippen LogP contribution in [-0.2, 0) is 0 Å². The van der Waals surface area contributed by atoms with Gasteiger partial charge in [-0.3, -0.25) is 0 Å². The Bertz CT molecular complexity index is 377. The third-order valence-electron chi connectivity index (χ3n) is 3.12. The van der Waals surface area contributed by atoms with Gasteiger partial charge >= 0.3 is 0 Å². The SMILES string of the molecule is CCOc1cc(C)nc(NCCC2CCNC2)n1. The Kier molecular flexibility index (Phi) is 4.75. The molecule has 1 fully saturated rings. The molecule has 0 bridgehead atoms. The van der Waals surface area contributed by atoms with Crippen LogP contribution in [0.5, 0.6) is 5.88 Å². The van der Waals surface area contributed by atoms with Gasteiger partial charge in [0.1, 0.15) is 0 Å². The Labute approximate surface area is 108 Å². The summed E-state index contributed by atoms with van der Waals surface area (Å²) in [5, 5.41) is 6.66. The van der Waals surface area contributed by atoms with E-state index >= 15 is 0 Å². The third kappa shape index (κ3) is 3.84. The third-order valence-corrected chi connectivity index (χ3v) is 3.12. The van der Waals surface area contributed by atoms with Crippen molar-refractivity contribution in [3.05, 3.63) is 11.8 Å². The van der Waals surface area contributed by atoms with Crippen molar-refractivity contribution in [3.63, 3.8) is 0 Å². The summed E-state index contributed by atoms with van der Waals surface area (Å²) in [6.45, 7) is 7.75. The van der Waals surface area contributed by atoms with E-state index in [9.17, 15) is 0 Å². The largest absolute Gasteiger partial charge is 0.478 e. The van der Waals surface area contributed by atoms with Crippen LogP contribution in [0.2, 0.25) is 0 Å². The fourth-order valence-corrected chi connectivity index (χ4v) is 2.19. The van der Waals surface area contributed by atoms with Gasteiger partial charge in [0.15, 0.2) is 0 Å². The molecule has 2 heterocycles. The summed E-state index contributed by atoms with van der Waals surface area (Å²) >= 11 is 0. The molecule has 0 radical (unpaired) electrons. The molecule has 0 amide bonds. The predicted octanol–water partition coefficient (Wildman–Crippen LogP) is 1.60.